The molecule has 0 saturated carbocycles. The monoisotopic (exact) mass is 490 g/mol. The van der Waals surface area contributed by atoms with Crippen molar-refractivity contribution < 1.29 is 9.47 Å². The van der Waals surface area contributed by atoms with E-state index < -0.39 is 0 Å². The van der Waals surface area contributed by atoms with E-state index in [2.05, 4.69) is 68.9 Å². The van der Waals surface area contributed by atoms with Crippen LogP contribution in [0.25, 0.3) is 32.8 Å². The van der Waals surface area contributed by atoms with Crippen LogP contribution in [0, 0.1) is 0 Å². The summed E-state index contributed by atoms with van der Waals surface area (Å²) in [4.78, 5) is 2.50. The molecule has 4 aromatic carbocycles. The van der Waals surface area contributed by atoms with Gasteiger partial charge in [0, 0.05) is 42.0 Å². The van der Waals surface area contributed by atoms with Gasteiger partial charge >= 0.3 is 0 Å². The van der Waals surface area contributed by atoms with E-state index in [1.807, 2.05) is 36.4 Å². The summed E-state index contributed by atoms with van der Waals surface area (Å²) >= 11 is 0. The minimum Gasteiger partial charge on any atom is -0.497 e. The molecule has 1 fully saturated rings. The molecule has 37 heavy (non-hydrogen) atoms. The summed E-state index contributed by atoms with van der Waals surface area (Å²) in [6, 6.07) is 29.6. The van der Waals surface area contributed by atoms with Crippen LogP contribution < -0.4 is 14.8 Å². The smallest absolute Gasteiger partial charge is 0.157 e. The van der Waals surface area contributed by atoms with Crippen molar-refractivity contribution in [2.75, 3.05) is 32.6 Å². The first kappa shape index (κ1) is 23.3. The first-order valence-electron chi connectivity index (χ1n) is 12.7. The molecular formula is C31H30N4O2. The van der Waals surface area contributed by atoms with E-state index >= 15 is 0 Å². The van der Waals surface area contributed by atoms with Crippen molar-refractivity contribution in [2.45, 2.75) is 19.0 Å². The number of ether oxygens (including phenoxy) is 2. The van der Waals surface area contributed by atoms with Gasteiger partial charge in [-0.25, -0.2) is 0 Å². The Morgan fingerprint density at radius 2 is 1.59 bits per heavy atom. The highest BCUT2D eigenvalue weighted by Crippen LogP contribution is 2.34. The molecule has 0 unspecified atom stereocenters. The maximum atomic E-state index is 5.54. The summed E-state index contributed by atoms with van der Waals surface area (Å²) in [5.74, 6) is 2.41. The molecule has 186 valence electrons. The van der Waals surface area contributed by atoms with Crippen LogP contribution >= 0.6 is 0 Å². The first-order chi connectivity index (χ1) is 18.2. The third-order valence-corrected chi connectivity index (χ3v) is 7.18. The number of hydrogen-bond donors (Lipinski definition) is 1. The molecule has 0 aliphatic carbocycles. The standard InChI is InChI=1S/C31H30N4O2/c1-36-26-11-9-23(10-12-26)30-28-14-13-27(37-2)18-29(28)31(34-33-30)32-25-15-16-35(20-25)19-21-7-8-22-5-3-4-6-24(22)17-21/h3-14,17-18,25H,15-16,19-20H2,1-2H3,(H,32,34)/t25-/m0/s1. The molecule has 1 aromatic heterocycles. The summed E-state index contributed by atoms with van der Waals surface area (Å²) in [5.41, 5.74) is 3.19. The average molecular weight is 491 g/mol. The molecule has 1 saturated heterocycles. The molecule has 2 heterocycles. The van der Waals surface area contributed by atoms with Crippen molar-refractivity contribution in [3.63, 3.8) is 0 Å². The molecular weight excluding hydrogens is 460 g/mol. The maximum absolute atomic E-state index is 5.54. The fourth-order valence-electron chi connectivity index (χ4n) is 5.21. The molecule has 6 heteroatoms. The molecule has 0 radical (unpaired) electrons. The van der Waals surface area contributed by atoms with Crippen LogP contribution in [-0.4, -0.2) is 48.4 Å². The molecule has 0 spiro atoms. The Kier molecular flexibility index (Phi) is 6.33. The number of nitrogens with one attached hydrogen (secondary N) is 1. The topological polar surface area (TPSA) is 59.5 Å². The highest BCUT2D eigenvalue weighted by atomic mass is 16.5. The Hall–Kier alpha value is -4.16. The van der Waals surface area contributed by atoms with Gasteiger partial charge in [0.2, 0.25) is 0 Å². The minimum atomic E-state index is 0.302. The largest absolute Gasteiger partial charge is 0.497 e. The summed E-state index contributed by atoms with van der Waals surface area (Å²) in [7, 11) is 3.36. The fraction of sp³-hybridized carbons (Fsp3) is 0.226. The zero-order valence-electron chi connectivity index (χ0n) is 21.1. The minimum absolute atomic E-state index is 0.302. The number of fused-ring (bicyclic) bond motifs is 2. The third-order valence-electron chi connectivity index (χ3n) is 7.18. The number of nitrogens with zero attached hydrogens (tertiary/aromatic N) is 3. The Morgan fingerprint density at radius 1 is 0.811 bits per heavy atom. The van der Waals surface area contributed by atoms with Gasteiger partial charge in [0.1, 0.15) is 17.2 Å². The third kappa shape index (κ3) is 4.80. The van der Waals surface area contributed by atoms with Crippen LogP contribution in [0.2, 0.25) is 0 Å². The molecule has 0 bridgehead atoms. The molecule has 1 aliphatic rings. The van der Waals surface area contributed by atoms with Crippen LogP contribution in [-0.2, 0) is 6.54 Å². The predicted octanol–water partition coefficient (Wildman–Crippen LogP) is 6.15. The van der Waals surface area contributed by atoms with Gasteiger partial charge in [-0.2, -0.15) is 0 Å². The lowest BCUT2D eigenvalue weighted by molar-refractivity contribution is 0.329. The second-order valence-electron chi connectivity index (χ2n) is 9.58. The second kappa shape index (κ2) is 10.1. The Balaban J connectivity index is 1.23. The number of likely N-dealkylation sites (tertiary alicyclic amines) is 1. The van der Waals surface area contributed by atoms with E-state index in [4.69, 9.17) is 9.47 Å². The van der Waals surface area contributed by atoms with Crippen molar-refractivity contribution in [3.8, 4) is 22.8 Å². The molecule has 6 nitrogen and oxygen atoms in total. The van der Waals surface area contributed by atoms with Gasteiger partial charge in [-0.3, -0.25) is 4.90 Å². The normalized spacial score (nSPS) is 15.8. The van der Waals surface area contributed by atoms with Gasteiger partial charge in [0.05, 0.1) is 14.2 Å². The number of rotatable bonds is 7. The van der Waals surface area contributed by atoms with E-state index in [1.165, 1.54) is 16.3 Å². The second-order valence-corrected chi connectivity index (χ2v) is 9.58. The summed E-state index contributed by atoms with van der Waals surface area (Å²) in [6.07, 6.45) is 1.06. The van der Waals surface area contributed by atoms with Gasteiger partial charge in [0.15, 0.2) is 5.82 Å². The number of anilines is 1. The molecule has 1 aliphatic heterocycles. The average Bonchev–Trinajstić information content (AvgIpc) is 3.39. The van der Waals surface area contributed by atoms with E-state index in [1.54, 1.807) is 14.2 Å². The quantitative estimate of drug-likeness (QED) is 0.295. The van der Waals surface area contributed by atoms with Gasteiger partial charge < -0.3 is 14.8 Å². The molecule has 6 rings (SSSR count). The lowest BCUT2D eigenvalue weighted by Crippen LogP contribution is -2.26. The SMILES string of the molecule is COc1ccc(-c2nnc(N[C@H]3CCN(Cc4ccc5ccccc5c4)C3)c3cc(OC)ccc23)cc1. The highest BCUT2D eigenvalue weighted by molar-refractivity contribution is 6.00. The van der Waals surface area contributed by atoms with Crippen molar-refractivity contribution in [3.05, 3.63) is 90.5 Å². The van der Waals surface area contributed by atoms with Crippen LogP contribution in [0.4, 0.5) is 5.82 Å². The number of methoxy groups -OCH3 is 2. The van der Waals surface area contributed by atoms with Crippen LogP contribution in [0.15, 0.2) is 84.9 Å². The zero-order valence-corrected chi connectivity index (χ0v) is 21.1. The van der Waals surface area contributed by atoms with Crippen molar-refractivity contribution >= 4 is 27.4 Å². The zero-order chi connectivity index (χ0) is 25.2. The van der Waals surface area contributed by atoms with Crippen LogP contribution in [0.5, 0.6) is 11.5 Å². The van der Waals surface area contributed by atoms with E-state index in [-0.39, 0.29) is 0 Å². The van der Waals surface area contributed by atoms with Crippen molar-refractivity contribution in [2.24, 2.45) is 0 Å². The number of aromatic nitrogens is 2. The molecule has 0 amide bonds. The van der Waals surface area contributed by atoms with Gasteiger partial charge in [-0.15, -0.1) is 10.2 Å². The number of hydrogen-bond acceptors (Lipinski definition) is 6. The van der Waals surface area contributed by atoms with Crippen LogP contribution in [0.3, 0.4) is 0 Å². The molecule has 1 N–H and O–H groups in total. The first-order valence-corrected chi connectivity index (χ1v) is 12.7. The molecule has 5 aromatic rings. The van der Waals surface area contributed by atoms with Crippen molar-refractivity contribution in [1.82, 2.24) is 15.1 Å². The van der Waals surface area contributed by atoms with Gasteiger partial charge in [0.25, 0.3) is 0 Å². The summed E-state index contributed by atoms with van der Waals surface area (Å²) in [6.45, 7) is 2.95. The van der Waals surface area contributed by atoms with E-state index in [0.717, 1.165) is 65.4 Å². The maximum Gasteiger partial charge on any atom is 0.157 e. The van der Waals surface area contributed by atoms with Crippen molar-refractivity contribution in [1.29, 1.82) is 0 Å². The Bertz CT molecular complexity index is 1550. The summed E-state index contributed by atoms with van der Waals surface area (Å²) < 4.78 is 10.9. The predicted molar refractivity (Wildman–Crippen MR) is 149 cm³/mol. The van der Waals surface area contributed by atoms with Gasteiger partial charge in [-0.1, -0.05) is 36.4 Å². The lowest BCUT2D eigenvalue weighted by atomic mass is 10.0. The van der Waals surface area contributed by atoms with Crippen LogP contribution in [0.1, 0.15) is 12.0 Å². The highest BCUT2D eigenvalue weighted by Gasteiger charge is 2.24. The Morgan fingerprint density at radius 3 is 2.41 bits per heavy atom. The Labute approximate surface area is 216 Å². The summed E-state index contributed by atoms with van der Waals surface area (Å²) in [5, 5.41) is 17.6. The van der Waals surface area contributed by atoms with E-state index in [0.29, 0.717) is 6.04 Å². The number of benzene rings is 4. The van der Waals surface area contributed by atoms with Gasteiger partial charge in [-0.05, 0) is 71.3 Å². The molecule has 1 atom stereocenters. The van der Waals surface area contributed by atoms with E-state index in [9.17, 15) is 0 Å². The fourth-order valence-corrected chi connectivity index (χ4v) is 5.21. The lowest BCUT2D eigenvalue weighted by Gasteiger charge is -2.18.